The molecule has 0 aliphatic carbocycles. The van der Waals surface area contributed by atoms with Gasteiger partial charge in [0.25, 0.3) is 0 Å². The molecule has 3 aromatic rings. The van der Waals surface area contributed by atoms with Gasteiger partial charge in [-0.3, -0.25) is 0 Å². The molecule has 0 saturated heterocycles. The molecule has 0 spiro atoms. The molecule has 0 radical (unpaired) electrons. The molecule has 1 aromatic heterocycles. The van der Waals surface area contributed by atoms with E-state index < -0.39 is 0 Å². The highest BCUT2D eigenvalue weighted by Gasteiger charge is 2.12. The fraction of sp³-hybridized carbons (Fsp3) is 0.222. The van der Waals surface area contributed by atoms with Crippen molar-refractivity contribution in [2.24, 2.45) is 0 Å². The van der Waals surface area contributed by atoms with Crippen LogP contribution in [0.15, 0.2) is 48.7 Å². The van der Waals surface area contributed by atoms with Crippen molar-refractivity contribution in [3.8, 4) is 5.75 Å². The number of fused-ring (bicyclic) bond motifs is 1. The summed E-state index contributed by atoms with van der Waals surface area (Å²) in [5.74, 6) is 0.608. The van der Waals surface area contributed by atoms with Gasteiger partial charge in [-0.05, 0) is 38.1 Å². The first kappa shape index (κ1) is 13.7. The highest BCUT2D eigenvalue weighted by atomic mass is 19.1. The Hall–Kier alpha value is -2.29. The van der Waals surface area contributed by atoms with Gasteiger partial charge in [0, 0.05) is 23.7 Å². The Morgan fingerprint density at radius 2 is 1.86 bits per heavy atom. The fourth-order valence-corrected chi connectivity index (χ4v) is 2.56. The van der Waals surface area contributed by atoms with Crippen LogP contribution in [0.3, 0.4) is 0 Å². The van der Waals surface area contributed by atoms with Crippen molar-refractivity contribution in [3.05, 3.63) is 65.6 Å². The van der Waals surface area contributed by atoms with Crippen molar-refractivity contribution in [2.75, 3.05) is 0 Å². The minimum Gasteiger partial charge on any atom is -0.489 e. The largest absolute Gasteiger partial charge is 0.489 e. The van der Waals surface area contributed by atoms with Crippen LogP contribution in [-0.4, -0.2) is 4.57 Å². The summed E-state index contributed by atoms with van der Waals surface area (Å²) >= 11 is 0. The number of aryl methyl sites for hydroxylation is 2. The molecule has 2 nitrogen and oxygen atoms in total. The van der Waals surface area contributed by atoms with Crippen LogP contribution in [0, 0.1) is 12.7 Å². The molecule has 108 valence electrons. The number of hydrogen-bond donors (Lipinski definition) is 0. The van der Waals surface area contributed by atoms with Gasteiger partial charge in [-0.15, -0.1) is 0 Å². The lowest BCUT2D eigenvalue weighted by molar-refractivity contribution is 0.307. The second-order valence-corrected chi connectivity index (χ2v) is 5.18. The Morgan fingerprint density at radius 1 is 1.10 bits per heavy atom. The van der Waals surface area contributed by atoms with E-state index in [-0.39, 0.29) is 5.82 Å². The first-order chi connectivity index (χ1) is 10.2. The Bertz CT molecular complexity index is 759. The van der Waals surface area contributed by atoms with E-state index in [2.05, 4.69) is 6.92 Å². The minimum atomic E-state index is -0.192. The molecule has 3 rings (SSSR count). The molecule has 0 aliphatic rings. The molecular formula is C18H18FNO. The Labute approximate surface area is 123 Å². The SMILES string of the molecule is CCn1cc(COc2ccc(C)cc2)c2c(F)cccc21. The second-order valence-electron chi connectivity index (χ2n) is 5.18. The highest BCUT2D eigenvalue weighted by molar-refractivity contribution is 5.84. The van der Waals surface area contributed by atoms with Crippen LogP contribution in [0.1, 0.15) is 18.1 Å². The molecule has 0 aliphatic heterocycles. The second kappa shape index (κ2) is 5.60. The molecule has 2 aromatic carbocycles. The van der Waals surface area contributed by atoms with Crippen LogP contribution < -0.4 is 4.74 Å². The van der Waals surface area contributed by atoms with E-state index in [9.17, 15) is 4.39 Å². The van der Waals surface area contributed by atoms with Gasteiger partial charge in [-0.1, -0.05) is 23.8 Å². The number of hydrogen-bond acceptors (Lipinski definition) is 1. The van der Waals surface area contributed by atoms with Crippen molar-refractivity contribution in [3.63, 3.8) is 0 Å². The number of benzene rings is 2. The van der Waals surface area contributed by atoms with Crippen molar-refractivity contribution >= 4 is 10.9 Å². The average molecular weight is 283 g/mol. The van der Waals surface area contributed by atoms with Gasteiger partial charge >= 0.3 is 0 Å². The van der Waals surface area contributed by atoms with E-state index in [1.807, 2.05) is 48.0 Å². The van der Waals surface area contributed by atoms with Crippen molar-refractivity contribution in [2.45, 2.75) is 27.0 Å². The van der Waals surface area contributed by atoms with Gasteiger partial charge in [0.05, 0.1) is 5.52 Å². The van der Waals surface area contributed by atoms with Crippen LogP contribution in [0.2, 0.25) is 0 Å². The maximum absolute atomic E-state index is 14.1. The summed E-state index contributed by atoms with van der Waals surface area (Å²) < 4.78 is 21.9. The fourth-order valence-electron chi connectivity index (χ4n) is 2.56. The summed E-state index contributed by atoms with van der Waals surface area (Å²) in [7, 11) is 0. The van der Waals surface area contributed by atoms with E-state index in [4.69, 9.17) is 4.74 Å². The lowest BCUT2D eigenvalue weighted by Crippen LogP contribution is -1.95. The number of rotatable bonds is 4. The summed E-state index contributed by atoms with van der Waals surface area (Å²) in [5, 5.41) is 0.659. The van der Waals surface area contributed by atoms with E-state index in [0.29, 0.717) is 12.0 Å². The normalized spacial score (nSPS) is 11.0. The Kier molecular flexibility index (Phi) is 3.65. The topological polar surface area (TPSA) is 14.2 Å². The van der Waals surface area contributed by atoms with Gasteiger partial charge in [0.2, 0.25) is 0 Å². The van der Waals surface area contributed by atoms with Crippen LogP contribution in [0.5, 0.6) is 5.75 Å². The summed E-state index contributed by atoms with van der Waals surface area (Å²) in [5.41, 5.74) is 2.99. The van der Waals surface area contributed by atoms with Gasteiger partial charge in [0.15, 0.2) is 0 Å². The molecule has 0 N–H and O–H groups in total. The molecule has 0 fully saturated rings. The Morgan fingerprint density at radius 3 is 2.57 bits per heavy atom. The summed E-state index contributed by atoms with van der Waals surface area (Å²) in [6.07, 6.45) is 1.97. The van der Waals surface area contributed by atoms with Gasteiger partial charge in [0.1, 0.15) is 18.2 Å². The van der Waals surface area contributed by atoms with E-state index in [1.165, 1.54) is 11.6 Å². The van der Waals surface area contributed by atoms with Gasteiger partial charge in [-0.2, -0.15) is 0 Å². The maximum Gasteiger partial charge on any atom is 0.132 e. The smallest absolute Gasteiger partial charge is 0.132 e. The summed E-state index contributed by atoms with van der Waals surface area (Å²) in [6.45, 7) is 5.26. The number of nitrogens with zero attached hydrogens (tertiary/aromatic N) is 1. The van der Waals surface area contributed by atoms with Crippen LogP contribution in [0.4, 0.5) is 4.39 Å². The quantitative estimate of drug-likeness (QED) is 0.677. The van der Waals surface area contributed by atoms with Crippen LogP contribution >= 0.6 is 0 Å². The number of aromatic nitrogens is 1. The molecule has 1 heterocycles. The van der Waals surface area contributed by atoms with Crippen molar-refractivity contribution in [1.82, 2.24) is 4.57 Å². The zero-order valence-electron chi connectivity index (χ0n) is 12.3. The van der Waals surface area contributed by atoms with E-state index in [1.54, 1.807) is 6.07 Å². The molecule has 0 atom stereocenters. The van der Waals surface area contributed by atoms with E-state index in [0.717, 1.165) is 23.4 Å². The molecule has 21 heavy (non-hydrogen) atoms. The molecule has 0 unspecified atom stereocenters. The standard InChI is InChI=1S/C18H18FNO/c1-3-20-11-14(18-16(19)5-4-6-17(18)20)12-21-15-9-7-13(2)8-10-15/h4-11H,3,12H2,1-2H3. The zero-order chi connectivity index (χ0) is 14.8. The monoisotopic (exact) mass is 283 g/mol. The number of ether oxygens (including phenoxy) is 1. The third-order valence-electron chi connectivity index (χ3n) is 3.69. The predicted molar refractivity (Wildman–Crippen MR) is 83.1 cm³/mol. The lowest BCUT2D eigenvalue weighted by Gasteiger charge is -2.06. The van der Waals surface area contributed by atoms with Crippen LogP contribution in [0.25, 0.3) is 10.9 Å². The van der Waals surface area contributed by atoms with Crippen molar-refractivity contribution in [1.29, 1.82) is 0 Å². The third-order valence-corrected chi connectivity index (χ3v) is 3.69. The van der Waals surface area contributed by atoms with Gasteiger partial charge < -0.3 is 9.30 Å². The first-order valence-corrected chi connectivity index (χ1v) is 7.14. The highest BCUT2D eigenvalue weighted by Crippen LogP contribution is 2.25. The predicted octanol–water partition coefficient (Wildman–Crippen LogP) is 4.69. The zero-order valence-corrected chi connectivity index (χ0v) is 12.3. The van der Waals surface area contributed by atoms with E-state index >= 15 is 0 Å². The Balaban J connectivity index is 1.91. The van der Waals surface area contributed by atoms with Crippen molar-refractivity contribution < 1.29 is 9.13 Å². The lowest BCUT2D eigenvalue weighted by atomic mass is 10.2. The number of halogens is 1. The summed E-state index contributed by atoms with van der Waals surface area (Å²) in [6, 6.07) is 13.1. The average Bonchev–Trinajstić information content (AvgIpc) is 2.86. The summed E-state index contributed by atoms with van der Waals surface area (Å²) in [4.78, 5) is 0. The van der Waals surface area contributed by atoms with Gasteiger partial charge in [-0.25, -0.2) is 4.39 Å². The molecular weight excluding hydrogens is 265 g/mol. The minimum absolute atomic E-state index is 0.192. The first-order valence-electron chi connectivity index (χ1n) is 7.14. The van der Waals surface area contributed by atoms with Crippen LogP contribution in [-0.2, 0) is 13.2 Å². The maximum atomic E-state index is 14.1. The molecule has 3 heteroatoms. The molecule has 0 saturated carbocycles. The molecule has 0 bridgehead atoms. The third kappa shape index (κ3) is 2.64. The molecule has 0 amide bonds.